The van der Waals surface area contributed by atoms with Crippen LogP contribution in [0.25, 0.3) is 6.08 Å². The van der Waals surface area contributed by atoms with Crippen LogP contribution in [0.4, 0.5) is 0 Å². The predicted octanol–water partition coefficient (Wildman–Crippen LogP) is 0.960. The fraction of sp³-hybridized carbons (Fsp3) is 0. The minimum atomic E-state index is -0.922. The highest BCUT2D eigenvalue weighted by Gasteiger charge is 1.85. The molecule has 0 aliphatic heterocycles. The van der Waals surface area contributed by atoms with Crippen LogP contribution in [-0.2, 0) is 4.79 Å². The Bertz CT molecular complexity index is 264. The monoisotopic (exact) mass is 166 g/mol. The van der Waals surface area contributed by atoms with E-state index >= 15 is 0 Å². The van der Waals surface area contributed by atoms with Gasteiger partial charge in [0.15, 0.2) is 0 Å². The van der Waals surface area contributed by atoms with Crippen LogP contribution in [0.3, 0.4) is 0 Å². The first-order valence-corrected chi connectivity index (χ1v) is 3.25. The van der Waals surface area contributed by atoms with E-state index in [1.54, 1.807) is 6.08 Å². The first-order valence-electron chi connectivity index (χ1n) is 3.25. The Morgan fingerprint density at radius 1 is 1.25 bits per heavy atom. The summed E-state index contributed by atoms with van der Waals surface area (Å²) in [6, 6.07) is 9.31. The third kappa shape index (κ3) is 3.53. The highest BCUT2D eigenvalue weighted by Crippen LogP contribution is 1.99. The lowest BCUT2D eigenvalue weighted by molar-refractivity contribution is -0.131. The molecule has 3 N–H and O–H groups in total. The summed E-state index contributed by atoms with van der Waals surface area (Å²) in [5, 5.41) is 8.29. The Kier molecular flexibility index (Phi) is 4.41. The Balaban J connectivity index is 0.00000121. The summed E-state index contributed by atoms with van der Waals surface area (Å²) < 4.78 is 0. The molecule has 0 radical (unpaired) electrons. The molecular weight excluding hydrogens is 156 g/mol. The van der Waals surface area contributed by atoms with Crippen LogP contribution in [-0.4, -0.2) is 16.6 Å². The van der Waals surface area contributed by atoms with Crippen molar-refractivity contribution in [3.05, 3.63) is 42.0 Å². The summed E-state index contributed by atoms with van der Waals surface area (Å²) in [7, 11) is 0. The highest BCUT2D eigenvalue weighted by atomic mass is 16.4. The Hall–Kier alpha value is -1.61. The average molecular weight is 166 g/mol. The maximum atomic E-state index is 10.1. The van der Waals surface area contributed by atoms with Crippen molar-refractivity contribution in [2.75, 3.05) is 0 Å². The molecule has 1 aromatic carbocycles. The molecule has 3 nitrogen and oxygen atoms in total. The molecule has 0 amide bonds. The molecule has 12 heavy (non-hydrogen) atoms. The van der Waals surface area contributed by atoms with Gasteiger partial charge in [0.25, 0.3) is 0 Å². The van der Waals surface area contributed by atoms with Crippen molar-refractivity contribution >= 4 is 12.0 Å². The highest BCUT2D eigenvalue weighted by molar-refractivity contribution is 5.85. The molecule has 0 saturated heterocycles. The minimum absolute atomic E-state index is 0. The van der Waals surface area contributed by atoms with Crippen molar-refractivity contribution in [3.63, 3.8) is 0 Å². The quantitative estimate of drug-likeness (QED) is 0.665. The minimum Gasteiger partial charge on any atom is -0.478 e. The second-order valence-electron chi connectivity index (χ2n) is 2.08. The van der Waals surface area contributed by atoms with E-state index in [2.05, 4.69) is 0 Å². The number of benzene rings is 1. The van der Waals surface area contributed by atoms with Gasteiger partial charge in [0.05, 0.1) is 0 Å². The number of carboxylic acid groups (broad SMARTS) is 1. The Morgan fingerprint density at radius 3 is 2.33 bits per heavy atom. The summed E-state index contributed by atoms with van der Waals surface area (Å²) >= 11 is 0. The van der Waals surface area contributed by atoms with Gasteiger partial charge in [-0.05, 0) is 11.6 Å². The van der Waals surface area contributed by atoms with E-state index in [-0.39, 0.29) is 5.48 Å². The van der Waals surface area contributed by atoms with Gasteiger partial charge >= 0.3 is 5.97 Å². The molecular formula is C9H10O3. The van der Waals surface area contributed by atoms with Gasteiger partial charge in [-0.25, -0.2) is 4.79 Å². The van der Waals surface area contributed by atoms with E-state index < -0.39 is 5.97 Å². The van der Waals surface area contributed by atoms with Gasteiger partial charge in [-0.15, -0.1) is 0 Å². The van der Waals surface area contributed by atoms with Gasteiger partial charge in [0.1, 0.15) is 0 Å². The van der Waals surface area contributed by atoms with E-state index in [4.69, 9.17) is 5.11 Å². The zero-order valence-corrected chi connectivity index (χ0v) is 6.40. The molecule has 0 aliphatic carbocycles. The molecule has 0 spiro atoms. The smallest absolute Gasteiger partial charge is 0.328 e. The van der Waals surface area contributed by atoms with Gasteiger partial charge < -0.3 is 10.6 Å². The molecule has 64 valence electrons. The third-order valence-corrected chi connectivity index (χ3v) is 1.22. The summed E-state index contributed by atoms with van der Waals surface area (Å²) in [5.74, 6) is -0.922. The van der Waals surface area contributed by atoms with Gasteiger partial charge in [-0.3, -0.25) is 0 Å². The molecule has 0 aromatic heterocycles. The second kappa shape index (κ2) is 5.09. The molecule has 0 saturated carbocycles. The van der Waals surface area contributed by atoms with Crippen molar-refractivity contribution in [1.82, 2.24) is 0 Å². The molecule has 0 unspecified atom stereocenters. The zero-order chi connectivity index (χ0) is 8.10. The molecule has 0 aliphatic rings. The summed E-state index contributed by atoms with van der Waals surface area (Å²) in [6.45, 7) is 0. The lowest BCUT2D eigenvalue weighted by Crippen LogP contribution is -1.85. The largest absolute Gasteiger partial charge is 0.478 e. The Labute approximate surface area is 70.3 Å². The number of carboxylic acids is 1. The average Bonchev–Trinajstić information content (AvgIpc) is 2.03. The molecule has 3 heteroatoms. The van der Waals surface area contributed by atoms with Gasteiger partial charge in [0.2, 0.25) is 0 Å². The fourth-order valence-electron chi connectivity index (χ4n) is 0.732. The van der Waals surface area contributed by atoms with Gasteiger partial charge in [-0.2, -0.15) is 0 Å². The van der Waals surface area contributed by atoms with Gasteiger partial charge in [0, 0.05) is 6.08 Å². The number of rotatable bonds is 2. The van der Waals surface area contributed by atoms with Crippen LogP contribution >= 0.6 is 0 Å². The summed E-state index contributed by atoms with van der Waals surface area (Å²) in [4.78, 5) is 10.1. The van der Waals surface area contributed by atoms with Crippen LogP contribution in [0.1, 0.15) is 5.56 Å². The van der Waals surface area contributed by atoms with Crippen molar-refractivity contribution < 1.29 is 15.4 Å². The van der Waals surface area contributed by atoms with Crippen molar-refractivity contribution in [2.45, 2.75) is 0 Å². The molecule has 0 bridgehead atoms. The Morgan fingerprint density at radius 2 is 1.83 bits per heavy atom. The van der Waals surface area contributed by atoms with E-state index in [1.807, 2.05) is 30.3 Å². The number of aliphatic carboxylic acids is 1. The van der Waals surface area contributed by atoms with E-state index in [0.29, 0.717) is 0 Å². The molecule has 0 fully saturated rings. The molecule has 1 rings (SSSR count). The summed E-state index contributed by atoms with van der Waals surface area (Å²) in [5.41, 5.74) is 0.898. The van der Waals surface area contributed by atoms with Crippen LogP contribution in [0.2, 0.25) is 0 Å². The van der Waals surface area contributed by atoms with Gasteiger partial charge in [-0.1, -0.05) is 30.3 Å². The predicted molar refractivity (Wildman–Crippen MR) is 46.7 cm³/mol. The van der Waals surface area contributed by atoms with Crippen molar-refractivity contribution in [2.24, 2.45) is 0 Å². The summed E-state index contributed by atoms with van der Waals surface area (Å²) in [6.07, 6.45) is 2.68. The van der Waals surface area contributed by atoms with E-state index in [9.17, 15) is 4.79 Å². The molecule has 0 atom stereocenters. The van der Waals surface area contributed by atoms with Crippen LogP contribution in [0.5, 0.6) is 0 Å². The normalized spacial score (nSPS) is 9.33. The van der Waals surface area contributed by atoms with E-state index in [0.717, 1.165) is 11.6 Å². The lowest BCUT2D eigenvalue weighted by atomic mass is 10.2. The number of carbonyl (C=O) groups is 1. The molecule has 0 heterocycles. The zero-order valence-electron chi connectivity index (χ0n) is 6.40. The maximum Gasteiger partial charge on any atom is 0.328 e. The SMILES string of the molecule is O.O=C(O)C=Cc1ccccc1. The first-order chi connectivity index (χ1) is 5.29. The standard InChI is InChI=1S/C9H8O2.H2O/c10-9(11)7-6-8-4-2-1-3-5-8;/h1-7H,(H,10,11);1H2. The van der Waals surface area contributed by atoms with Crippen molar-refractivity contribution in [1.29, 1.82) is 0 Å². The third-order valence-electron chi connectivity index (χ3n) is 1.22. The fourth-order valence-corrected chi connectivity index (χ4v) is 0.732. The number of hydrogen-bond acceptors (Lipinski definition) is 1. The second-order valence-corrected chi connectivity index (χ2v) is 2.08. The number of hydrogen-bond donors (Lipinski definition) is 1. The lowest BCUT2D eigenvalue weighted by Gasteiger charge is -1.87. The topological polar surface area (TPSA) is 68.8 Å². The van der Waals surface area contributed by atoms with Crippen LogP contribution < -0.4 is 0 Å². The molecule has 1 aromatic rings. The maximum absolute atomic E-state index is 10.1. The van der Waals surface area contributed by atoms with Crippen molar-refractivity contribution in [3.8, 4) is 0 Å². The van der Waals surface area contributed by atoms with E-state index in [1.165, 1.54) is 0 Å². The van der Waals surface area contributed by atoms with Crippen LogP contribution in [0, 0.1) is 0 Å². The first kappa shape index (κ1) is 10.4. The van der Waals surface area contributed by atoms with Crippen LogP contribution in [0.15, 0.2) is 36.4 Å².